The Labute approximate surface area is 102 Å². The van der Waals surface area contributed by atoms with Gasteiger partial charge >= 0.3 is 6.18 Å². The lowest BCUT2D eigenvalue weighted by Crippen LogP contribution is -2.18. The lowest BCUT2D eigenvalue weighted by Gasteiger charge is -2.13. The minimum Gasteiger partial charge on any atom is -0.388 e. The average molecular weight is 266 g/mol. The van der Waals surface area contributed by atoms with Crippen LogP contribution in [0.15, 0.2) is 18.2 Å². The van der Waals surface area contributed by atoms with Crippen LogP contribution in [0.3, 0.4) is 0 Å². The third kappa shape index (κ3) is 5.01. The Morgan fingerprint density at radius 1 is 1.33 bits per heavy atom. The van der Waals surface area contributed by atoms with Gasteiger partial charge in [0.05, 0.1) is 6.10 Å². The van der Waals surface area contributed by atoms with Crippen LogP contribution < -0.4 is 0 Å². The first-order chi connectivity index (χ1) is 8.29. The Balaban J connectivity index is 2.45. The first-order valence-corrected chi connectivity index (χ1v) is 5.38. The molecule has 0 radical (unpaired) electrons. The van der Waals surface area contributed by atoms with Crippen molar-refractivity contribution in [2.75, 3.05) is 13.2 Å². The Bertz CT molecular complexity index is 390. The molecule has 0 saturated heterocycles. The second-order valence-corrected chi connectivity index (χ2v) is 4.00. The van der Waals surface area contributed by atoms with Crippen molar-refractivity contribution in [2.45, 2.75) is 25.6 Å². The molecule has 0 aliphatic heterocycles. The molecule has 0 spiro atoms. The van der Waals surface area contributed by atoms with E-state index in [0.717, 1.165) is 5.56 Å². The number of rotatable bonds is 5. The van der Waals surface area contributed by atoms with Gasteiger partial charge in [0.2, 0.25) is 0 Å². The van der Waals surface area contributed by atoms with Crippen LogP contribution in [0.1, 0.15) is 23.7 Å². The molecule has 1 unspecified atom stereocenters. The van der Waals surface area contributed by atoms with Gasteiger partial charge < -0.3 is 9.84 Å². The molecule has 1 aromatic carbocycles. The highest BCUT2D eigenvalue weighted by Crippen LogP contribution is 2.22. The molecule has 0 aliphatic rings. The van der Waals surface area contributed by atoms with Gasteiger partial charge in [-0.1, -0.05) is 17.7 Å². The SMILES string of the molecule is Cc1ccc(F)c(C(O)CCOCC(F)(F)F)c1. The average Bonchev–Trinajstić information content (AvgIpc) is 2.26. The monoisotopic (exact) mass is 266 g/mol. The molecule has 0 aliphatic carbocycles. The number of ether oxygens (including phenoxy) is 1. The zero-order valence-corrected chi connectivity index (χ0v) is 9.80. The Morgan fingerprint density at radius 2 is 2.00 bits per heavy atom. The quantitative estimate of drug-likeness (QED) is 0.655. The molecule has 6 heteroatoms. The van der Waals surface area contributed by atoms with Crippen molar-refractivity contribution in [2.24, 2.45) is 0 Å². The molecule has 1 N–H and O–H groups in total. The molecule has 0 amide bonds. The third-order valence-electron chi connectivity index (χ3n) is 2.31. The van der Waals surface area contributed by atoms with Crippen LogP contribution in [0.4, 0.5) is 17.6 Å². The normalized spacial score (nSPS) is 13.7. The van der Waals surface area contributed by atoms with Gasteiger partial charge in [-0.05, 0) is 13.0 Å². The second kappa shape index (κ2) is 6.15. The molecule has 1 rings (SSSR count). The van der Waals surface area contributed by atoms with Gasteiger partial charge in [-0.2, -0.15) is 13.2 Å². The van der Waals surface area contributed by atoms with Crippen LogP contribution in [0.2, 0.25) is 0 Å². The van der Waals surface area contributed by atoms with Gasteiger partial charge in [-0.3, -0.25) is 0 Å². The fraction of sp³-hybridized carbons (Fsp3) is 0.500. The molecule has 1 aromatic rings. The predicted molar refractivity (Wildman–Crippen MR) is 57.6 cm³/mol. The lowest BCUT2D eigenvalue weighted by atomic mass is 10.0. The molecule has 0 fully saturated rings. The van der Waals surface area contributed by atoms with Crippen LogP contribution >= 0.6 is 0 Å². The highest BCUT2D eigenvalue weighted by atomic mass is 19.4. The molecule has 2 nitrogen and oxygen atoms in total. The number of aliphatic hydroxyl groups is 1. The molecular weight excluding hydrogens is 252 g/mol. The molecule has 1 atom stereocenters. The number of aryl methyl sites for hydroxylation is 1. The Kier molecular flexibility index (Phi) is 5.10. The van der Waals surface area contributed by atoms with E-state index in [-0.39, 0.29) is 18.6 Å². The fourth-order valence-electron chi connectivity index (χ4n) is 1.46. The minimum atomic E-state index is -4.39. The summed E-state index contributed by atoms with van der Waals surface area (Å²) in [5.74, 6) is -0.580. The summed E-state index contributed by atoms with van der Waals surface area (Å²) in [7, 11) is 0. The van der Waals surface area contributed by atoms with Crippen molar-refractivity contribution in [3.05, 3.63) is 35.1 Å². The Hall–Kier alpha value is -1.14. The third-order valence-corrected chi connectivity index (χ3v) is 2.31. The summed E-state index contributed by atoms with van der Waals surface area (Å²) >= 11 is 0. The largest absolute Gasteiger partial charge is 0.411 e. The molecule has 0 aromatic heterocycles. The van der Waals surface area contributed by atoms with Crippen LogP contribution in [0.25, 0.3) is 0 Å². The van der Waals surface area contributed by atoms with Crippen LogP contribution in [0.5, 0.6) is 0 Å². The number of halogens is 4. The zero-order chi connectivity index (χ0) is 13.8. The summed E-state index contributed by atoms with van der Waals surface area (Å²) in [4.78, 5) is 0. The molecule has 102 valence electrons. The van der Waals surface area contributed by atoms with Crippen molar-refractivity contribution in [3.63, 3.8) is 0 Å². The molecule has 18 heavy (non-hydrogen) atoms. The zero-order valence-electron chi connectivity index (χ0n) is 9.80. The predicted octanol–water partition coefficient (Wildman–Crippen LogP) is 3.14. The highest BCUT2D eigenvalue weighted by molar-refractivity contribution is 5.25. The van der Waals surface area contributed by atoms with E-state index < -0.39 is 24.7 Å². The van der Waals surface area contributed by atoms with E-state index in [1.54, 1.807) is 13.0 Å². The van der Waals surface area contributed by atoms with Gasteiger partial charge in [-0.25, -0.2) is 4.39 Å². The highest BCUT2D eigenvalue weighted by Gasteiger charge is 2.27. The van der Waals surface area contributed by atoms with Gasteiger partial charge in [0.1, 0.15) is 12.4 Å². The molecule has 0 heterocycles. The minimum absolute atomic E-state index is 0.0746. The number of hydrogen-bond acceptors (Lipinski definition) is 2. The summed E-state index contributed by atoms with van der Waals surface area (Å²) in [5.41, 5.74) is 0.840. The second-order valence-electron chi connectivity index (χ2n) is 4.00. The maximum atomic E-state index is 13.3. The summed E-state index contributed by atoms with van der Waals surface area (Å²) in [6.07, 6.45) is -5.64. The van der Waals surface area contributed by atoms with Crippen molar-refractivity contribution in [1.29, 1.82) is 0 Å². The fourth-order valence-corrected chi connectivity index (χ4v) is 1.46. The van der Waals surface area contributed by atoms with E-state index >= 15 is 0 Å². The lowest BCUT2D eigenvalue weighted by molar-refractivity contribution is -0.175. The van der Waals surface area contributed by atoms with Crippen molar-refractivity contribution in [1.82, 2.24) is 0 Å². The van der Waals surface area contributed by atoms with E-state index in [2.05, 4.69) is 4.74 Å². The molecule has 0 bridgehead atoms. The van der Waals surface area contributed by atoms with Crippen LogP contribution in [-0.4, -0.2) is 24.5 Å². The smallest absolute Gasteiger partial charge is 0.388 e. The van der Waals surface area contributed by atoms with Gasteiger partial charge in [-0.15, -0.1) is 0 Å². The van der Waals surface area contributed by atoms with Gasteiger partial charge in [0, 0.05) is 18.6 Å². The standard InChI is InChI=1S/C12H14F4O2/c1-8-2-3-10(13)9(6-8)11(17)4-5-18-7-12(14,15)16/h2-3,6,11,17H,4-5,7H2,1H3. The molecule has 0 saturated carbocycles. The maximum Gasteiger partial charge on any atom is 0.411 e. The first kappa shape index (κ1) is 14.9. The number of alkyl halides is 3. The van der Waals surface area contributed by atoms with E-state index in [4.69, 9.17) is 0 Å². The van der Waals surface area contributed by atoms with Crippen LogP contribution in [-0.2, 0) is 4.74 Å². The van der Waals surface area contributed by atoms with E-state index in [0.29, 0.717) is 0 Å². The van der Waals surface area contributed by atoms with Crippen molar-refractivity contribution < 1.29 is 27.4 Å². The summed E-state index contributed by atoms with van der Waals surface area (Å²) in [6, 6.07) is 4.22. The first-order valence-electron chi connectivity index (χ1n) is 5.38. The van der Waals surface area contributed by atoms with Gasteiger partial charge in [0.25, 0.3) is 0 Å². The van der Waals surface area contributed by atoms with Gasteiger partial charge in [0.15, 0.2) is 0 Å². The molecular formula is C12H14F4O2. The maximum absolute atomic E-state index is 13.3. The van der Waals surface area contributed by atoms with Crippen molar-refractivity contribution >= 4 is 0 Å². The summed E-state index contributed by atoms with van der Waals surface area (Å²) in [5, 5.41) is 9.65. The van der Waals surface area contributed by atoms with Crippen molar-refractivity contribution in [3.8, 4) is 0 Å². The summed E-state index contributed by atoms with van der Waals surface area (Å²) in [6.45, 7) is 0.0832. The number of benzene rings is 1. The summed E-state index contributed by atoms with van der Waals surface area (Å²) < 4.78 is 53.0. The number of aliphatic hydroxyl groups excluding tert-OH is 1. The number of hydrogen-bond donors (Lipinski definition) is 1. The van der Waals surface area contributed by atoms with E-state index in [9.17, 15) is 22.7 Å². The topological polar surface area (TPSA) is 29.5 Å². The van der Waals surface area contributed by atoms with Crippen LogP contribution in [0, 0.1) is 12.7 Å². The van der Waals surface area contributed by atoms with E-state index in [1.807, 2.05) is 0 Å². The van der Waals surface area contributed by atoms with E-state index in [1.165, 1.54) is 12.1 Å². The Morgan fingerprint density at radius 3 is 2.61 bits per heavy atom.